The second-order valence-electron chi connectivity index (χ2n) is 2.98. The van der Waals surface area contributed by atoms with Gasteiger partial charge in [0.1, 0.15) is 0 Å². The minimum Gasteiger partial charge on any atom is -0.396 e. The summed E-state index contributed by atoms with van der Waals surface area (Å²) < 4.78 is 0. The predicted molar refractivity (Wildman–Crippen MR) is 58.8 cm³/mol. The molecule has 0 aromatic carbocycles. The van der Waals surface area contributed by atoms with Crippen molar-refractivity contribution in [3.05, 3.63) is 23.5 Å². The molecule has 1 rings (SSSR count). The summed E-state index contributed by atoms with van der Waals surface area (Å²) in [5.41, 5.74) is 0.984. The lowest BCUT2D eigenvalue weighted by molar-refractivity contribution is 0.289. The molecule has 0 radical (unpaired) electrons. The molecule has 1 heterocycles. The van der Waals surface area contributed by atoms with Crippen LogP contribution in [-0.4, -0.2) is 29.8 Å². The number of anilines is 1. The summed E-state index contributed by atoms with van der Waals surface area (Å²) in [6.45, 7) is 3.97. The van der Waals surface area contributed by atoms with E-state index in [4.69, 9.17) is 16.7 Å². The van der Waals surface area contributed by atoms with Crippen LogP contribution >= 0.6 is 11.6 Å². The molecule has 0 spiro atoms. The monoisotopic (exact) mass is 214 g/mol. The lowest BCUT2D eigenvalue weighted by atomic mass is 10.3. The molecule has 4 heteroatoms. The third-order valence-corrected chi connectivity index (χ3v) is 2.35. The van der Waals surface area contributed by atoms with Crippen LogP contribution in [0.3, 0.4) is 0 Å². The van der Waals surface area contributed by atoms with E-state index in [1.54, 1.807) is 12.4 Å². The molecule has 1 N–H and O–H groups in total. The molecular formula is C10H15ClN2O. The van der Waals surface area contributed by atoms with Crippen LogP contribution < -0.4 is 4.90 Å². The molecule has 0 saturated carbocycles. The van der Waals surface area contributed by atoms with Crippen LogP contribution in [-0.2, 0) is 0 Å². The fourth-order valence-electron chi connectivity index (χ4n) is 1.33. The van der Waals surface area contributed by atoms with E-state index in [1.807, 2.05) is 6.07 Å². The van der Waals surface area contributed by atoms with Gasteiger partial charge in [-0.25, -0.2) is 0 Å². The van der Waals surface area contributed by atoms with Crippen LogP contribution in [0, 0.1) is 0 Å². The number of halogens is 1. The molecule has 1 aromatic heterocycles. The van der Waals surface area contributed by atoms with Crippen LogP contribution in [0.25, 0.3) is 0 Å². The number of aliphatic hydroxyl groups excluding tert-OH is 1. The van der Waals surface area contributed by atoms with E-state index in [-0.39, 0.29) is 6.61 Å². The topological polar surface area (TPSA) is 36.4 Å². The van der Waals surface area contributed by atoms with Gasteiger partial charge in [-0.05, 0) is 19.4 Å². The Hall–Kier alpha value is -0.800. The molecular weight excluding hydrogens is 200 g/mol. The van der Waals surface area contributed by atoms with E-state index in [0.717, 1.165) is 25.2 Å². The highest BCUT2D eigenvalue weighted by atomic mass is 35.5. The lowest BCUT2D eigenvalue weighted by Crippen LogP contribution is -2.24. The molecule has 0 aliphatic heterocycles. The minimum absolute atomic E-state index is 0.208. The van der Waals surface area contributed by atoms with Crippen molar-refractivity contribution in [2.75, 3.05) is 24.6 Å². The Bertz CT molecular complexity index is 281. The predicted octanol–water partition coefficient (Wildman–Crippen LogP) is 1.94. The van der Waals surface area contributed by atoms with Crippen LogP contribution in [0.15, 0.2) is 18.5 Å². The van der Waals surface area contributed by atoms with Crippen molar-refractivity contribution in [2.24, 2.45) is 0 Å². The average Bonchev–Trinajstić information content (AvgIpc) is 2.21. The summed E-state index contributed by atoms with van der Waals surface area (Å²) in [6.07, 6.45) is 4.12. The van der Waals surface area contributed by atoms with E-state index < -0.39 is 0 Å². The zero-order valence-electron chi connectivity index (χ0n) is 8.28. The third-order valence-electron chi connectivity index (χ3n) is 2.06. The Morgan fingerprint density at radius 1 is 1.57 bits per heavy atom. The van der Waals surface area contributed by atoms with E-state index in [0.29, 0.717) is 5.02 Å². The summed E-state index contributed by atoms with van der Waals surface area (Å²) >= 11 is 6.01. The summed E-state index contributed by atoms with van der Waals surface area (Å²) in [4.78, 5) is 6.06. The van der Waals surface area contributed by atoms with Gasteiger partial charge in [0.15, 0.2) is 0 Å². The molecule has 0 atom stereocenters. The van der Waals surface area contributed by atoms with Crippen LogP contribution in [0.5, 0.6) is 0 Å². The van der Waals surface area contributed by atoms with Gasteiger partial charge >= 0.3 is 0 Å². The first-order chi connectivity index (χ1) is 6.79. The van der Waals surface area contributed by atoms with Gasteiger partial charge < -0.3 is 10.0 Å². The Kier molecular flexibility index (Phi) is 4.70. The van der Waals surface area contributed by atoms with Crippen LogP contribution in [0.2, 0.25) is 5.02 Å². The lowest BCUT2D eigenvalue weighted by Gasteiger charge is -2.23. The summed E-state index contributed by atoms with van der Waals surface area (Å²) in [6, 6.07) is 1.89. The molecule has 78 valence electrons. The van der Waals surface area contributed by atoms with E-state index in [2.05, 4.69) is 16.8 Å². The number of aromatic nitrogens is 1. The largest absolute Gasteiger partial charge is 0.396 e. The number of pyridine rings is 1. The van der Waals surface area contributed by atoms with Gasteiger partial charge in [0.05, 0.1) is 10.7 Å². The molecule has 3 nitrogen and oxygen atoms in total. The third kappa shape index (κ3) is 2.86. The number of hydrogen-bond donors (Lipinski definition) is 1. The second kappa shape index (κ2) is 5.83. The van der Waals surface area contributed by atoms with E-state index in [9.17, 15) is 0 Å². The number of nitrogens with zero attached hydrogens (tertiary/aromatic N) is 2. The van der Waals surface area contributed by atoms with E-state index in [1.165, 1.54) is 0 Å². The molecule has 0 bridgehead atoms. The summed E-state index contributed by atoms with van der Waals surface area (Å²) in [5.74, 6) is 0. The molecule has 0 saturated heterocycles. The van der Waals surface area contributed by atoms with Gasteiger partial charge in [-0.1, -0.05) is 11.6 Å². The first kappa shape index (κ1) is 11.3. The highest BCUT2D eigenvalue weighted by Crippen LogP contribution is 2.23. The zero-order chi connectivity index (χ0) is 10.4. The quantitative estimate of drug-likeness (QED) is 0.814. The maximum atomic E-state index is 8.75. The van der Waals surface area contributed by atoms with Gasteiger partial charge in [0.25, 0.3) is 0 Å². The Morgan fingerprint density at radius 2 is 2.36 bits per heavy atom. The Balaban J connectivity index is 2.73. The van der Waals surface area contributed by atoms with Crippen molar-refractivity contribution in [3.8, 4) is 0 Å². The molecule has 0 aliphatic rings. The Labute approximate surface area is 89.3 Å². The van der Waals surface area contributed by atoms with E-state index >= 15 is 0 Å². The van der Waals surface area contributed by atoms with Crippen molar-refractivity contribution in [1.82, 2.24) is 4.98 Å². The molecule has 0 amide bonds. The van der Waals surface area contributed by atoms with Gasteiger partial charge in [0, 0.05) is 32.1 Å². The smallest absolute Gasteiger partial charge is 0.0822 e. The fourth-order valence-corrected chi connectivity index (χ4v) is 1.57. The molecule has 14 heavy (non-hydrogen) atoms. The van der Waals surface area contributed by atoms with Crippen molar-refractivity contribution < 1.29 is 5.11 Å². The molecule has 0 aliphatic carbocycles. The zero-order valence-corrected chi connectivity index (χ0v) is 9.04. The van der Waals surface area contributed by atoms with Gasteiger partial charge in [-0.3, -0.25) is 4.98 Å². The van der Waals surface area contributed by atoms with Gasteiger partial charge in [-0.2, -0.15) is 0 Å². The van der Waals surface area contributed by atoms with Crippen LogP contribution in [0.4, 0.5) is 5.69 Å². The second-order valence-corrected chi connectivity index (χ2v) is 3.39. The maximum Gasteiger partial charge on any atom is 0.0822 e. The van der Waals surface area contributed by atoms with Crippen molar-refractivity contribution in [2.45, 2.75) is 13.3 Å². The minimum atomic E-state index is 0.208. The normalized spacial score (nSPS) is 10.2. The SMILES string of the molecule is CCN(CCCO)c1ccncc1Cl. The average molecular weight is 215 g/mol. The van der Waals surface area contributed by atoms with Crippen molar-refractivity contribution in [1.29, 1.82) is 0 Å². The molecule has 0 unspecified atom stereocenters. The fraction of sp³-hybridized carbons (Fsp3) is 0.500. The summed E-state index contributed by atoms with van der Waals surface area (Å²) in [5, 5.41) is 9.41. The highest BCUT2D eigenvalue weighted by molar-refractivity contribution is 6.33. The number of rotatable bonds is 5. The Morgan fingerprint density at radius 3 is 2.93 bits per heavy atom. The van der Waals surface area contributed by atoms with Crippen molar-refractivity contribution >= 4 is 17.3 Å². The van der Waals surface area contributed by atoms with Crippen molar-refractivity contribution in [3.63, 3.8) is 0 Å². The van der Waals surface area contributed by atoms with Gasteiger partial charge in [0.2, 0.25) is 0 Å². The summed E-state index contributed by atoms with van der Waals surface area (Å²) in [7, 11) is 0. The maximum absolute atomic E-state index is 8.75. The molecule has 0 fully saturated rings. The first-order valence-corrected chi connectivity index (χ1v) is 5.12. The number of hydrogen-bond acceptors (Lipinski definition) is 3. The highest BCUT2D eigenvalue weighted by Gasteiger charge is 2.07. The number of aliphatic hydroxyl groups is 1. The van der Waals surface area contributed by atoms with Crippen LogP contribution in [0.1, 0.15) is 13.3 Å². The molecule has 1 aromatic rings. The first-order valence-electron chi connectivity index (χ1n) is 4.75. The standard InChI is InChI=1S/C10H15ClN2O/c1-2-13(6-3-7-14)10-4-5-12-8-9(10)11/h4-5,8,14H,2-3,6-7H2,1H3. The van der Waals surface area contributed by atoms with Gasteiger partial charge in [-0.15, -0.1) is 0 Å².